The minimum absolute atomic E-state index is 0.455. The minimum atomic E-state index is 0.455. The summed E-state index contributed by atoms with van der Waals surface area (Å²) in [6, 6.07) is 10.5. The van der Waals surface area contributed by atoms with Gasteiger partial charge in [-0.1, -0.05) is 30.8 Å². The molecule has 1 atom stereocenters. The number of aryl methyl sites for hydroxylation is 1. The first-order chi connectivity index (χ1) is 13.2. The molecule has 140 valence electrons. The van der Waals surface area contributed by atoms with Gasteiger partial charge in [-0.3, -0.25) is 0 Å². The smallest absolute Gasteiger partial charge is 0.157 e. The Labute approximate surface area is 164 Å². The van der Waals surface area contributed by atoms with Crippen molar-refractivity contribution in [3.63, 3.8) is 0 Å². The molecule has 0 radical (unpaired) electrons. The lowest BCUT2D eigenvalue weighted by Gasteiger charge is -2.16. The van der Waals surface area contributed by atoms with Crippen molar-refractivity contribution in [1.29, 1.82) is 0 Å². The van der Waals surface area contributed by atoms with Crippen molar-refractivity contribution in [2.45, 2.75) is 44.6 Å². The van der Waals surface area contributed by atoms with E-state index >= 15 is 0 Å². The van der Waals surface area contributed by atoms with Crippen molar-refractivity contribution in [1.82, 2.24) is 20.3 Å². The molecule has 1 aliphatic rings. The quantitative estimate of drug-likeness (QED) is 0.641. The van der Waals surface area contributed by atoms with Crippen molar-refractivity contribution in [3.05, 3.63) is 42.4 Å². The molecule has 0 aliphatic carbocycles. The fourth-order valence-corrected chi connectivity index (χ4v) is 3.89. The van der Waals surface area contributed by atoms with E-state index in [9.17, 15) is 0 Å². The first kappa shape index (κ1) is 17.9. The summed E-state index contributed by atoms with van der Waals surface area (Å²) in [5, 5.41) is 3.49. The summed E-state index contributed by atoms with van der Waals surface area (Å²) in [5.74, 6) is 1.84. The normalized spacial score (nSPS) is 17.5. The van der Waals surface area contributed by atoms with Gasteiger partial charge in [0.05, 0.1) is 12.1 Å². The van der Waals surface area contributed by atoms with Crippen molar-refractivity contribution in [3.8, 4) is 16.9 Å². The van der Waals surface area contributed by atoms with E-state index in [0.29, 0.717) is 6.04 Å². The number of hydrogen-bond acceptors (Lipinski definition) is 4. The third-order valence-electron chi connectivity index (χ3n) is 5.11. The molecule has 0 amide bonds. The number of nitrogens with zero attached hydrogens (tertiary/aromatic N) is 2. The zero-order chi connectivity index (χ0) is 18.6. The van der Waals surface area contributed by atoms with Crippen molar-refractivity contribution >= 4 is 28.4 Å². The number of rotatable bonds is 5. The predicted octanol–water partition coefficient (Wildman–Crippen LogP) is 4.43. The second-order valence-electron chi connectivity index (χ2n) is 7.05. The topological polar surface area (TPSA) is 62.8 Å². The van der Waals surface area contributed by atoms with E-state index in [1.165, 1.54) is 19.3 Å². The number of thiocarbonyl (C=S) groups is 1. The predicted molar refractivity (Wildman–Crippen MR) is 112 cm³/mol. The van der Waals surface area contributed by atoms with E-state index in [2.05, 4.69) is 21.4 Å². The number of benzene rings is 1. The molecule has 3 heterocycles. The van der Waals surface area contributed by atoms with Crippen molar-refractivity contribution < 1.29 is 4.74 Å². The molecule has 0 saturated carbocycles. The van der Waals surface area contributed by atoms with E-state index in [-0.39, 0.29) is 0 Å². The molecule has 0 bridgehead atoms. The molecular formula is C21H24N4OS. The molecule has 1 aromatic carbocycles. The molecule has 1 unspecified atom stereocenters. The molecule has 6 heteroatoms. The summed E-state index contributed by atoms with van der Waals surface area (Å²) >= 11 is 5.38. The summed E-state index contributed by atoms with van der Waals surface area (Å²) in [4.78, 5) is 13.7. The van der Waals surface area contributed by atoms with E-state index in [1.807, 2.05) is 30.5 Å². The molecule has 5 nitrogen and oxygen atoms in total. The lowest BCUT2D eigenvalue weighted by molar-refractivity contribution is 0.415. The van der Waals surface area contributed by atoms with Gasteiger partial charge >= 0.3 is 0 Å². The van der Waals surface area contributed by atoms with Gasteiger partial charge in [0, 0.05) is 24.2 Å². The molecule has 4 rings (SSSR count). The van der Waals surface area contributed by atoms with E-state index in [4.69, 9.17) is 21.9 Å². The number of H-pyrrole nitrogens is 1. The Bertz CT molecular complexity index is 935. The largest absolute Gasteiger partial charge is 0.497 e. The standard InChI is InChI=1S/C21H24N4OS/c1-26-17-9-6-14(7-10-17)15-12-18-21(22-13-15)25-19(24-18)11-8-16-4-2-3-5-20(27)23-16/h6-7,9-10,12-13,16H,2-5,8,11H2,1H3,(H,23,27)(H,22,24,25). The zero-order valence-corrected chi connectivity index (χ0v) is 16.3. The Morgan fingerprint density at radius 3 is 2.85 bits per heavy atom. The fourth-order valence-electron chi connectivity index (χ4n) is 3.58. The molecule has 0 spiro atoms. The number of aromatic nitrogens is 3. The van der Waals surface area contributed by atoms with Gasteiger partial charge in [0.1, 0.15) is 17.1 Å². The summed E-state index contributed by atoms with van der Waals surface area (Å²) in [6.07, 6.45) is 8.46. The van der Waals surface area contributed by atoms with Crippen LogP contribution in [-0.2, 0) is 6.42 Å². The van der Waals surface area contributed by atoms with Crippen LogP contribution in [-0.4, -0.2) is 33.1 Å². The van der Waals surface area contributed by atoms with Gasteiger partial charge in [0.15, 0.2) is 5.65 Å². The molecule has 2 aromatic heterocycles. The van der Waals surface area contributed by atoms with E-state index in [1.54, 1.807) is 7.11 Å². The van der Waals surface area contributed by atoms with Crippen LogP contribution in [0.2, 0.25) is 0 Å². The summed E-state index contributed by atoms with van der Waals surface area (Å²) in [5.41, 5.74) is 3.90. The average Bonchev–Trinajstić information content (AvgIpc) is 2.99. The Balaban J connectivity index is 1.47. The molecular weight excluding hydrogens is 356 g/mol. The highest BCUT2D eigenvalue weighted by Crippen LogP contribution is 2.24. The van der Waals surface area contributed by atoms with Crippen LogP contribution in [0.15, 0.2) is 36.5 Å². The number of pyridine rings is 1. The summed E-state index contributed by atoms with van der Waals surface area (Å²) in [7, 11) is 1.67. The monoisotopic (exact) mass is 380 g/mol. The summed E-state index contributed by atoms with van der Waals surface area (Å²) in [6.45, 7) is 0. The lowest BCUT2D eigenvalue weighted by atomic mass is 10.1. The Kier molecular flexibility index (Phi) is 5.34. The van der Waals surface area contributed by atoms with Crippen LogP contribution < -0.4 is 10.1 Å². The Morgan fingerprint density at radius 2 is 2.04 bits per heavy atom. The van der Waals surface area contributed by atoms with E-state index < -0.39 is 0 Å². The third-order valence-corrected chi connectivity index (χ3v) is 5.43. The van der Waals surface area contributed by atoms with Crippen LogP contribution in [0.5, 0.6) is 5.75 Å². The van der Waals surface area contributed by atoms with Gasteiger partial charge in [-0.2, -0.15) is 0 Å². The molecule has 2 N–H and O–H groups in total. The van der Waals surface area contributed by atoms with Crippen molar-refractivity contribution in [2.24, 2.45) is 0 Å². The number of hydrogen-bond donors (Lipinski definition) is 2. The van der Waals surface area contributed by atoms with Crippen LogP contribution >= 0.6 is 12.2 Å². The van der Waals surface area contributed by atoms with Crippen LogP contribution in [0, 0.1) is 0 Å². The molecule has 1 aliphatic heterocycles. The number of methoxy groups -OCH3 is 1. The zero-order valence-electron chi connectivity index (χ0n) is 15.5. The number of ether oxygens (including phenoxy) is 1. The summed E-state index contributed by atoms with van der Waals surface area (Å²) < 4.78 is 5.22. The molecule has 3 aromatic rings. The van der Waals surface area contributed by atoms with Gasteiger partial charge in [0.2, 0.25) is 0 Å². The van der Waals surface area contributed by atoms with Crippen LogP contribution in [0.3, 0.4) is 0 Å². The van der Waals surface area contributed by atoms with Gasteiger partial charge < -0.3 is 15.0 Å². The van der Waals surface area contributed by atoms with Gasteiger partial charge in [-0.05, 0) is 49.4 Å². The minimum Gasteiger partial charge on any atom is -0.497 e. The SMILES string of the molecule is COc1ccc(-c2cnc3[nH]c(CCC4CCCCC(=S)N4)nc3c2)cc1. The maximum absolute atomic E-state index is 5.38. The van der Waals surface area contributed by atoms with Crippen molar-refractivity contribution in [2.75, 3.05) is 7.11 Å². The molecule has 1 fully saturated rings. The second-order valence-corrected chi connectivity index (χ2v) is 7.55. The van der Waals surface area contributed by atoms with Crippen LogP contribution in [0.4, 0.5) is 0 Å². The number of fused-ring (bicyclic) bond motifs is 1. The number of imidazole rings is 1. The maximum atomic E-state index is 5.38. The highest BCUT2D eigenvalue weighted by Gasteiger charge is 2.15. The molecule has 27 heavy (non-hydrogen) atoms. The number of nitrogens with one attached hydrogen (secondary N) is 2. The second kappa shape index (κ2) is 8.05. The lowest BCUT2D eigenvalue weighted by Crippen LogP contribution is -2.32. The highest BCUT2D eigenvalue weighted by atomic mass is 32.1. The Hall–Kier alpha value is -2.47. The first-order valence-electron chi connectivity index (χ1n) is 9.50. The molecule has 1 saturated heterocycles. The Morgan fingerprint density at radius 1 is 1.19 bits per heavy atom. The average molecular weight is 381 g/mol. The first-order valence-corrected chi connectivity index (χ1v) is 9.90. The van der Waals surface area contributed by atoms with E-state index in [0.717, 1.165) is 58.1 Å². The van der Waals surface area contributed by atoms with Crippen LogP contribution in [0.25, 0.3) is 22.3 Å². The van der Waals surface area contributed by atoms with Gasteiger partial charge in [0.25, 0.3) is 0 Å². The van der Waals surface area contributed by atoms with Gasteiger partial charge in [-0.15, -0.1) is 0 Å². The fraction of sp³-hybridized carbons (Fsp3) is 0.381. The van der Waals surface area contributed by atoms with Crippen LogP contribution in [0.1, 0.15) is 37.9 Å². The highest BCUT2D eigenvalue weighted by molar-refractivity contribution is 7.80. The van der Waals surface area contributed by atoms with Gasteiger partial charge in [-0.25, -0.2) is 9.97 Å². The maximum Gasteiger partial charge on any atom is 0.157 e. The number of aromatic amines is 1. The third kappa shape index (κ3) is 4.27.